The van der Waals surface area contributed by atoms with E-state index in [1.807, 2.05) is 6.26 Å². The first-order valence-electron chi connectivity index (χ1n) is 5.31. The molecule has 2 aromatic rings. The maximum Gasteiger partial charge on any atom is 0.417 e. The molecular weight excluding hydrogens is 345 g/mol. The summed E-state index contributed by atoms with van der Waals surface area (Å²) in [6.45, 7) is 0. The molecule has 0 aliphatic rings. The lowest BCUT2D eigenvalue weighted by atomic mass is 10.1. The SMILES string of the molecule is CSc1nnc(Sc2ccc(C(F)(F)F)c(C(=O)O)c2)s1. The number of aromatic nitrogens is 2. The minimum absolute atomic E-state index is 0.365. The Bertz CT molecular complexity index is 673. The smallest absolute Gasteiger partial charge is 0.417 e. The van der Waals surface area contributed by atoms with Crippen LogP contribution in [0.5, 0.6) is 0 Å². The normalized spacial score (nSPS) is 11.6. The molecule has 112 valence electrons. The number of thioether (sulfide) groups is 1. The Morgan fingerprint density at radius 3 is 2.48 bits per heavy atom. The molecule has 1 N–H and O–H groups in total. The van der Waals surface area contributed by atoms with Crippen molar-refractivity contribution >= 4 is 40.8 Å². The van der Waals surface area contributed by atoms with Crippen molar-refractivity contribution in [1.29, 1.82) is 0 Å². The highest BCUT2D eigenvalue weighted by Crippen LogP contribution is 2.37. The van der Waals surface area contributed by atoms with Gasteiger partial charge < -0.3 is 5.11 Å². The number of carboxylic acids is 1. The highest BCUT2D eigenvalue weighted by molar-refractivity contribution is 8.03. The van der Waals surface area contributed by atoms with E-state index in [0.717, 1.165) is 28.2 Å². The molecule has 10 heteroatoms. The van der Waals surface area contributed by atoms with E-state index in [1.54, 1.807) is 0 Å². The fourth-order valence-electron chi connectivity index (χ4n) is 1.43. The van der Waals surface area contributed by atoms with Crippen LogP contribution in [0.4, 0.5) is 13.2 Å². The van der Waals surface area contributed by atoms with E-state index in [4.69, 9.17) is 5.11 Å². The number of carboxylic acid groups (broad SMARTS) is 1. The molecule has 0 amide bonds. The van der Waals surface area contributed by atoms with Gasteiger partial charge in [0.25, 0.3) is 0 Å². The molecule has 2 rings (SSSR count). The lowest BCUT2D eigenvalue weighted by molar-refractivity contribution is -0.138. The van der Waals surface area contributed by atoms with Crippen molar-refractivity contribution in [1.82, 2.24) is 10.2 Å². The number of benzene rings is 1. The van der Waals surface area contributed by atoms with E-state index < -0.39 is 23.3 Å². The minimum Gasteiger partial charge on any atom is -0.478 e. The lowest BCUT2D eigenvalue weighted by Gasteiger charge is -2.11. The van der Waals surface area contributed by atoms with Crippen molar-refractivity contribution in [2.75, 3.05) is 6.26 Å². The van der Waals surface area contributed by atoms with Gasteiger partial charge in [0, 0.05) is 4.90 Å². The van der Waals surface area contributed by atoms with Crippen LogP contribution in [0.2, 0.25) is 0 Å². The molecule has 0 saturated heterocycles. The highest BCUT2D eigenvalue weighted by Gasteiger charge is 2.35. The second-order valence-corrected chi connectivity index (χ2v) is 7.00. The monoisotopic (exact) mass is 352 g/mol. The summed E-state index contributed by atoms with van der Waals surface area (Å²) < 4.78 is 39.4. The average Bonchev–Trinajstić information content (AvgIpc) is 2.85. The fourth-order valence-corrected chi connectivity index (χ4v) is 3.88. The van der Waals surface area contributed by atoms with E-state index in [0.29, 0.717) is 9.24 Å². The molecule has 0 bridgehead atoms. The highest BCUT2D eigenvalue weighted by atomic mass is 32.2. The number of carbonyl (C=O) groups is 1. The third-order valence-electron chi connectivity index (χ3n) is 2.29. The summed E-state index contributed by atoms with van der Waals surface area (Å²) in [5.74, 6) is -1.62. The van der Waals surface area contributed by atoms with E-state index in [1.165, 1.54) is 29.2 Å². The molecule has 0 aliphatic carbocycles. The summed E-state index contributed by atoms with van der Waals surface area (Å²) in [5, 5.41) is 16.7. The Morgan fingerprint density at radius 1 is 1.29 bits per heavy atom. The Morgan fingerprint density at radius 2 is 1.95 bits per heavy atom. The molecule has 0 fully saturated rings. The van der Waals surface area contributed by atoms with Gasteiger partial charge >= 0.3 is 12.1 Å². The van der Waals surface area contributed by atoms with E-state index in [2.05, 4.69) is 10.2 Å². The van der Waals surface area contributed by atoms with Gasteiger partial charge in [0.05, 0.1) is 11.1 Å². The zero-order valence-electron chi connectivity index (χ0n) is 10.3. The van der Waals surface area contributed by atoms with E-state index in [-0.39, 0.29) is 0 Å². The Balaban J connectivity index is 2.34. The van der Waals surface area contributed by atoms with Crippen molar-refractivity contribution in [2.24, 2.45) is 0 Å². The average molecular weight is 352 g/mol. The predicted molar refractivity (Wildman–Crippen MR) is 74.2 cm³/mol. The molecule has 0 saturated carbocycles. The summed E-state index contributed by atoms with van der Waals surface area (Å²) in [4.78, 5) is 11.4. The van der Waals surface area contributed by atoms with Gasteiger partial charge in [-0.15, -0.1) is 10.2 Å². The van der Waals surface area contributed by atoms with Gasteiger partial charge in [0.2, 0.25) is 0 Å². The fraction of sp³-hybridized carbons (Fsp3) is 0.182. The van der Waals surface area contributed by atoms with Crippen LogP contribution in [0.1, 0.15) is 15.9 Å². The number of hydrogen-bond donors (Lipinski definition) is 1. The first-order chi connectivity index (χ1) is 9.81. The number of aromatic carboxylic acids is 1. The molecule has 0 radical (unpaired) electrons. The van der Waals surface area contributed by atoms with Crippen LogP contribution in [-0.4, -0.2) is 27.5 Å². The maximum atomic E-state index is 12.7. The lowest BCUT2D eigenvalue weighted by Crippen LogP contribution is -2.12. The van der Waals surface area contributed by atoms with Crippen LogP contribution in [-0.2, 0) is 6.18 Å². The van der Waals surface area contributed by atoms with E-state index in [9.17, 15) is 18.0 Å². The van der Waals surface area contributed by atoms with Gasteiger partial charge in [-0.05, 0) is 24.5 Å². The van der Waals surface area contributed by atoms with Gasteiger partial charge in [0.15, 0.2) is 8.68 Å². The Kier molecular flexibility index (Phi) is 4.79. The summed E-state index contributed by atoms with van der Waals surface area (Å²) in [6.07, 6.45) is -2.87. The van der Waals surface area contributed by atoms with Crippen LogP contribution in [0.15, 0.2) is 31.8 Å². The molecule has 0 aliphatic heterocycles. The van der Waals surface area contributed by atoms with Gasteiger partial charge in [0.1, 0.15) is 0 Å². The van der Waals surface area contributed by atoms with Crippen LogP contribution in [0.25, 0.3) is 0 Å². The van der Waals surface area contributed by atoms with Crippen LogP contribution in [0.3, 0.4) is 0 Å². The molecule has 0 spiro atoms. The number of rotatable bonds is 4. The number of alkyl halides is 3. The van der Waals surface area contributed by atoms with Gasteiger partial charge in [-0.1, -0.05) is 34.9 Å². The van der Waals surface area contributed by atoms with Gasteiger partial charge in [-0.25, -0.2) is 4.79 Å². The van der Waals surface area contributed by atoms with Crippen molar-refractivity contribution in [3.8, 4) is 0 Å². The summed E-state index contributed by atoms with van der Waals surface area (Å²) in [7, 11) is 0. The second kappa shape index (κ2) is 6.24. The first-order valence-corrected chi connectivity index (χ1v) is 8.17. The quantitative estimate of drug-likeness (QED) is 0.835. The molecule has 1 aromatic heterocycles. The standard InChI is InChI=1S/C11H7F3N2O2S3/c1-19-9-15-16-10(21-9)20-5-2-3-7(11(12,13)14)6(4-5)8(17)18/h2-4H,1H3,(H,17,18). The van der Waals surface area contributed by atoms with Gasteiger partial charge in [-0.3, -0.25) is 0 Å². The van der Waals surface area contributed by atoms with Gasteiger partial charge in [-0.2, -0.15) is 13.2 Å². The predicted octanol–water partition coefficient (Wildman–Crippen LogP) is 4.13. The number of halogens is 3. The Hall–Kier alpha value is -1.26. The van der Waals surface area contributed by atoms with Crippen molar-refractivity contribution < 1.29 is 23.1 Å². The maximum absolute atomic E-state index is 12.7. The largest absolute Gasteiger partial charge is 0.478 e. The van der Waals surface area contributed by atoms with Crippen LogP contribution in [0, 0.1) is 0 Å². The molecule has 1 aromatic carbocycles. The zero-order chi connectivity index (χ0) is 15.6. The summed E-state index contributed by atoms with van der Waals surface area (Å²) in [5.41, 5.74) is -1.94. The van der Waals surface area contributed by atoms with Crippen molar-refractivity contribution in [3.05, 3.63) is 29.3 Å². The molecular formula is C11H7F3N2O2S3. The van der Waals surface area contributed by atoms with Crippen molar-refractivity contribution in [3.63, 3.8) is 0 Å². The third kappa shape index (κ3) is 3.89. The second-order valence-electron chi connectivity index (χ2n) is 3.65. The molecule has 4 nitrogen and oxygen atoms in total. The third-order valence-corrected chi connectivity index (χ3v) is 5.23. The first kappa shape index (κ1) is 16.1. The number of nitrogens with zero attached hydrogens (tertiary/aromatic N) is 2. The molecule has 1 heterocycles. The molecule has 21 heavy (non-hydrogen) atoms. The van der Waals surface area contributed by atoms with E-state index >= 15 is 0 Å². The van der Waals surface area contributed by atoms with Crippen LogP contribution < -0.4 is 0 Å². The molecule has 0 atom stereocenters. The van der Waals surface area contributed by atoms with Crippen molar-refractivity contribution in [2.45, 2.75) is 19.8 Å². The number of hydrogen-bond acceptors (Lipinski definition) is 6. The summed E-state index contributed by atoms with van der Waals surface area (Å²) in [6, 6.07) is 2.98. The molecule has 0 unspecified atom stereocenters. The zero-order valence-corrected chi connectivity index (χ0v) is 12.8. The minimum atomic E-state index is -4.70. The summed E-state index contributed by atoms with van der Waals surface area (Å²) >= 11 is 3.76. The van der Waals surface area contributed by atoms with Crippen LogP contribution >= 0.6 is 34.9 Å². The topological polar surface area (TPSA) is 63.1 Å². The Labute approximate surface area is 129 Å².